The first-order valence-corrected chi connectivity index (χ1v) is 9.65. The fraction of sp³-hybridized carbons (Fsp3) is 0. The first kappa shape index (κ1) is 17.7. The minimum atomic E-state index is -4.56. The molecule has 0 bridgehead atoms. The van der Waals surface area contributed by atoms with Gasteiger partial charge in [-0.15, -0.1) is 4.79 Å². The Morgan fingerprint density at radius 2 is 1.04 bits per heavy atom. The fourth-order valence-electron chi connectivity index (χ4n) is 1.68. The van der Waals surface area contributed by atoms with Crippen LogP contribution in [0.5, 0.6) is 0 Å². The van der Waals surface area contributed by atoms with Crippen molar-refractivity contribution in [3.63, 3.8) is 0 Å². The van der Waals surface area contributed by atoms with Gasteiger partial charge in [0.25, 0.3) is 19.7 Å². The lowest BCUT2D eigenvalue weighted by molar-refractivity contribution is 0.00380. The van der Waals surface area contributed by atoms with Gasteiger partial charge in [0.2, 0.25) is 0 Å². The molecule has 6 nitrogen and oxygen atoms in total. The first-order valence-electron chi connectivity index (χ1n) is 5.93. The number of nitrogens with zero attached hydrogens (tertiary/aromatic N) is 2. The molecule has 2 rings (SSSR count). The maximum Gasteiger partial charge on any atom is 0.504 e. The third-order valence-electron chi connectivity index (χ3n) is 2.79. The molecule has 0 atom stereocenters. The van der Waals surface area contributed by atoms with Gasteiger partial charge in [-0.2, -0.15) is 0 Å². The maximum absolute atomic E-state index is 12.4. The van der Waals surface area contributed by atoms with E-state index in [1.54, 1.807) is 0 Å². The highest BCUT2D eigenvalue weighted by molar-refractivity contribution is 8.31. The quantitative estimate of drug-likeness (QED) is 0.340. The molecular formula is C13H8Cl2N2O4S2. The van der Waals surface area contributed by atoms with E-state index in [2.05, 4.69) is 4.79 Å². The van der Waals surface area contributed by atoms with Crippen LogP contribution in [-0.4, -0.2) is 26.0 Å². The van der Waals surface area contributed by atoms with Crippen molar-refractivity contribution in [3.05, 3.63) is 64.1 Å². The predicted molar refractivity (Wildman–Crippen MR) is 85.9 cm³/mol. The van der Waals surface area contributed by atoms with Crippen molar-refractivity contribution in [2.45, 2.75) is 9.79 Å². The van der Waals surface area contributed by atoms with Crippen LogP contribution < -0.4 is 0 Å². The molecule has 0 aliphatic rings. The largest absolute Gasteiger partial charge is 0.504 e. The number of halogens is 2. The van der Waals surface area contributed by atoms with E-state index in [1.165, 1.54) is 24.3 Å². The highest BCUT2D eigenvalue weighted by atomic mass is 35.5. The molecule has 23 heavy (non-hydrogen) atoms. The van der Waals surface area contributed by atoms with E-state index in [0.29, 0.717) is 0 Å². The smallest absolute Gasteiger partial charge is 0.359 e. The van der Waals surface area contributed by atoms with E-state index in [-0.39, 0.29) is 19.8 Å². The summed E-state index contributed by atoms with van der Waals surface area (Å²) in [5, 5.41) is 0.541. The van der Waals surface area contributed by atoms with Crippen LogP contribution in [-0.2, 0) is 19.7 Å². The summed E-state index contributed by atoms with van der Waals surface area (Å²) < 4.78 is 48.3. The molecule has 0 unspecified atom stereocenters. The Morgan fingerprint density at radius 3 is 1.30 bits per heavy atom. The summed E-state index contributed by atoms with van der Waals surface area (Å²) in [4.78, 5) is 1.77. The van der Waals surface area contributed by atoms with Gasteiger partial charge in [0.05, 0.1) is 9.79 Å². The molecule has 120 valence electrons. The predicted octanol–water partition coefficient (Wildman–Crippen LogP) is 2.83. The summed E-state index contributed by atoms with van der Waals surface area (Å²) in [5.41, 5.74) is 9.01. The summed E-state index contributed by atoms with van der Waals surface area (Å²) >= 11 is 11.3. The minimum absolute atomic E-state index is 0.270. The molecule has 0 saturated heterocycles. The fourth-order valence-corrected chi connectivity index (χ4v) is 5.27. The SMILES string of the molecule is [N-]=[N+]=C(S(=O)(=O)c1ccc(Cl)cc1)S(=O)(=O)c1ccc(Cl)cc1. The molecule has 0 heterocycles. The van der Waals surface area contributed by atoms with Crippen LogP contribution in [0.3, 0.4) is 0 Å². The van der Waals surface area contributed by atoms with Crippen LogP contribution in [0.25, 0.3) is 5.53 Å². The molecule has 0 aromatic heterocycles. The zero-order chi connectivity index (χ0) is 17.3. The van der Waals surface area contributed by atoms with Crippen LogP contribution in [0.1, 0.15) is 0 Å². The lowest BCUT2D eigenvalue weighted by atomic mass is 10.4. The van der Waals surface area contributed by atoms with Crippen molar-refractivity contribution in [2.24, 2.45) is 0 Å². The Balaban J connectivity index is 2.61. The van der Waals surface area contributed by atoms with Crippen molar-refractivity contribution in [1.82, 2.24) is 0 Å². The van der Waals surface area contributed by atoms with E-state index < -0.39 is 24.1 Å². The minimum Gasteiger partial charge on any atom is -0.359 e. The second-order valence-electron chi connectivity index (χ2n) is 4.28. The van der Waals surface area contributed by atoms with Gasteiger partial charge >= 0.3 is 4.38 Å². The van der Waals surface area contributed by atoms with Crippen LogP contribution >= 0.6 is 23.2 Å². The first-order chi connectivity index (χ1) is 10.7. The maximum atomic E-state index is 12.4. The number of benzene rings is 2. The van der Waals surface area contributed by atoms with E-state index in [4.69, 9.17) is 28.7 Å². The average molecular weight is 391 g/mol. The highest BCUT2D eigenvalue weighted by Crippen LogP contribution is 2.22. The second-order valence-corrected chi connectivity index (χ2v) is 9.14. The summed E-state index contributed by atoms with van der Waals surface area (Å²) in [7, 11) is -9.13. The van der Waals surface area contributed by atoms with Crippen molar-refractivity contribution in [2.75, 3.05) is 0 Å². The number of hydrogen-bond donors (Lipinski definition) is 0. The molecule has 0 amide bonds. The highest BCUT2D eigenvalue weighted by Gasteiger charge is 2.43. The Kier molecular flexibility index (Phi) is 4.93. The Bertz CT molecular complexity index is 915. The van der Waals surface area contributed by atoms with Crippen LogP contribution in [0.4, 0.5) is 0 Å². The molecule has 0 aliphatic heterocycles. The average Bonchev–Trinajstić information content (AvgIpc) is 2.48. The van der Waals surface area contributed by atoms with Gasteiger partial charge in [-0.3, -0.25) is 0 Å². The van der Waals surface area contributed by atoms with Gasteiger partial charge < -0.3 is 5.53 Å². The molecule has 2 aromatic carbocycles. The van der Waals surface area contributed by atoms with Crippen molar-refractivity contribution in [1.29, 1.82) is 0 Å². The Labute approximate surface area is 142 Å². The zero-order valence-corrected chi connectivity index (χ0v) is 14.4. The summed E-state index contributed by atoms with van der Waals surface area (Å²) in [6.45, 7) is 0. The topological polar surface area (TPSA) is 105 Å². The normalized spacial score (nSPS) is 11.7. The van der Waals surface area contributed by atoms with E-state index in [9.17, 15) is 16.8 Å². The second kappa shape index (κ2) is 6.43. The standard InChI is InChI=1S/C13H8Cl2N2O4S2/c14-9-1-5-11(6-2-9)22(18,19)13(17-16)23(20,21)12-7-3-10(15)4-8-12/h1-8H. The van der Waals surface area contributed by atoms with Gasteiger partial charge in [0.15, 0.2) is 0 Å². The molecule has 0 aliphatic carbocycles. The van der Waals surface area contributed by atoms with Crippen molar-refractivity contribution in [3.8, 4) is 0 Å². The number of sulfone groups is 2. The zero-order valence-electron chi connectivity index (χ0n) is 11.2. The van der Waals surface area contributed by atoms with E-state index in [0.717, 1.165) is 24.3 Å². The third kappa shape index (κ3) is 3.46. The summed E-state index contributed by atoms with van der Waals surface area (Å²) in [6, 6.07) is 9.55. The summed E-state index contributed by atoms with van der Waals surface area (Å²) in [5.74, 6) is 0. The number of hydrogen-bond acceptors (Lipinski definition) is 4. The lowest BCUT2D eigenvalue weighted by Gasteiger charge is -2.03. The molecule has 10 heteroatoms. The van der Waals surface area contributed by atoms with Crippen molar-refractivity contribution >= 4 is 47.3 Å². The van der Waals surface area contributed by atoms with Gasteiger partial charge in [0.1, 0.15) is 0 Å². The van der Waals surface area contributed by atoms with Crippen molar-refractivity contribution < 1.29 is 21.6 Å². The molecule has 0 radical (unpaired) electrons. The number of rotatable bonds is 2. The van der Waals surface area contributed by atoms with Gasteiger partial charge in [-0.1, -0.05) is 23.2 Å². The van der Waals surface area contributed by atoms with E-state index >= 15 is 0 Å². The molecule has 0 spiro atoms. The van der Waals surface area contributed by atoms with Gasteiger partial charge in [-0.25, -0.2) is 16.8 Å². The van der Waals surface area contributed by atoms with Crippen LogP contribution in [0.2, 0.25) is 10.0 Å². The van der Waals surface area contributed by atoms with Gasteiger partial charge in [0, 0.05) is 10.0 Å². The molecule has 0 fully saturated rings. The third-order valence-corrected chi connectivity index (χ3v) is 7.48. The van der Waals surface area contributed by atoms with Gasteiger partial charge in [-0.05, 0) is 48.5 Å². The monoisotopic (exact) mass is 390 g/mol. The Morgan fingerprint density at radius 1 is 0.739 bits per heavy atom. The van der Waals surface area contributed by atoms with Crippen LogP contribution in [0, 0.1) is 0 Å². The molecular weight excluding hydrogens is 383 g/mol. The molecule has 0 N–H and O–H groups in total. The molecule has 0 saturated carbocycles. The van der Waals surface area contributed by atoms with Crippen LogP contribution in [0.15, 0.2) is 58.3 Å². The van der Waals surface area contributed by atoms with E-state index in [1.807, 2.05) is 0 Å². The summed E-state index contributed by atoms with van der Waals surface area (Å²) in [6.07, 6.45) is 0. The Hall–Kier alpha value is -1.70. The lowest BCUT2D eigenvalue weighted by Crippen LogP contribution is -2.26. The molecule has 2 aromatic rings.